The highest BCUT2D eigenvalue weighted by Crippen LogP contribution is 2.65. The van der Waals surface area contributed by atoms with Crippen molar-refractivity contribution >= 4 is 38.6 Å². The van der Waals surface area contributed by atoms with Crippen molar-refractivity contribution in [1.82, 2.24) is 0 Å². The summed E-state index contributed by atoms with van der Waals surface area (Å²) in [4.78, 5) is 2.55. The molecule has 10 rings (SSSR count). The van der Waals surface area contributed by atoms with Crippen LogP contribution in [-0.2, 0) is 10.8 Å². The highest BCUT2D eigenvalue weighted by atomic mass is 79.9. The van der Waals surface area contributed by atoms with Crippen LogP contribution in [0.25, 0.3) is 27.8 Å². The predicted octanol–water partition coefficient (Wildman–Crippen LogP) is 12.9. The van der Waals surface area contributed by atoms with Gasteiger partial charge in [-0.1, -0.05) is 146 Å². The van der Waals surface area contributed by atoms with Gasteiger partial charge in [0, 0.05) is 26.7 Å². The van der Waals surface area contributed by atoms with Crippen LogP contribution in [0, 0.1) is 5.92 Å². The van der Waals surface area contributed by atoms with Gasteiger partial charge in [0.05, 0.1) is 16.8 Å². The van der Waals surface area contributed by atoms with Crippen LogP contribution in [0.1, 0.15) is 60.6 Å². The molecule has 1 unspecified atom stereocenters. The Kier molecular flexibility index (Phi) is 6.10. The molecule has 0 N–H and O–H groups in total. The number of rotatable bonds is 3. The minimum Gasteiger partial charge on any atom is -0.309 e. The van der Waals surface area contributed by atoms with E-state index in [1.54, 1.807) is 5.57 Å². The molecule has 236 valence electrons. The van der Waals surface area contributed by atoms with Crippen LogP contribution in [-0.4, -0.2) is 0 Å². The topological polar surface area (TPSA) is 3.24 Å². The first kappa shape index (κ1) is 29.0. The van der Waals surface area contributed by atoms with Gasteiger partial charge in [-0.2, -0.15) is 0 Å². The van der Waals surface area contributed by atoms with Gasteiger partial charge in [-0.3, -0.25) is 0 Å². The minimum absolute atomic E-state index is 0.0389. The van der Waals surface area contributed by atoms with Crippen LogP contribution in [0.15, 0.2) is 156 Å². The largest absolute Gasteiger partial charge is 0.309 e. The second kappa shape index (κ2) is 10.3. The normalized spacial score (nSPS) is 18.1. The zero-order chi connectivity index (χ0) is 33.1. The molecule has 2 heteroatoms. The van der Waals surface area contributed by atoms with E-state index in [1.165, 1.54) is 72.6 Å². The first-order valence-corrected chi connectivity index (χ1v) is 18.2. The second-order valence-corrected chi connectivity index (χ2v) is 15.5. The molecular formula is C47H36BrN. The van der Waals surface area contributed by atoms with Gasteiger partial charge < -0.3 is 4.90 Å². The van der Waals surface area contributed by atoms with Crippen molar-refractivity contribution in [3.63, 3.8) is 0 Å². The molecule has 0 saturated heterocycles. The van der Waals surface area contributed by atoms with E-state index < -0.39 is 5.41 Å². The second-order valence-electron chi connectivity index (χ2n) is 14.6. The Morgan fingerprint density at radius 1 is 0.571 bits per heavy atom. The monoisotopic (exact) mass is 693 g/mol. The third-order valence-electron chi connectivity index (χ3n) is 11.8. The Morgan fingerprint density at radius 2 is 1.10 bits per heavy atom. The van der Waals surface area contributed by atoms with Crippen LogP contribution < -0.4 is 4.90 Å². The van der Waals surface area contributed by atoms with Crippen LogP contribution in [0.3, 0.4) is 0 Å². The molecule has 0 bridgehead atoms. The molecule has 0 heterocycles. The van der Waals surface area contributed by atoms with E-state index in [4.69, 9.17) is 0 Å². The molecule has 0 fully saturated rings. The lowest BCUT2D eigenvalue weighted by Crippen LogP contribution is -2.26. The zero-order valence-electron chi connectivity index (χ0n) is 28.0. The summed E-state index contributed by atoms with van der Waals surface area (Å²) in [6.07, 6.45) is 5.87. The van der Waals surface area contributed by atoms with E-state index >= 15 is 0 Å². The summed E-state index contributed by atoms with van der Waals surface area (Å²) >= 11 is 3.73. The Hall–Kier alpha value is -4.92. The smallest absolute Gasteiger partial charge is 0.0726 e. The minimum atomic E-state index is -0.391. The lowest BCUT2D eigenvalue weighted by atomic mass is 9.70. The van der Waals surface area contributed by atoms with Crippen LogP contribution in [0.2, 0.25) is 0 Å². The van der Waals surface area contributed by atoms with Crippen LogP contribution in [0.4, 0.5) is 17.1 Å². The number of hydrogen-bond donors (Lipinski definition) is 0. The van der Waals surface area contributed by atoms with E-state index in [2.05, 4.69) is 187 Å². The highest BCUT2D eigenvalue weighted by molar-refractivity contribution is 9.10. The SMILES string of the molecule is CC1CC=CC2=C1C(C)(C)c1cccc(N(c3ccc(Br)cc3)c3cccc4c3-c3ccccc3C43c4ccccc4-c4ccccc43)c12. The fourth-order valence-electron chi connectivity index (χ4n) is 10.0. The van der Waals surface area contributed by atoms with Crippen molar-refractivity contribution in [2.45, 2.75) is 38.0 Å². The van der Waals surface area contributed by atoms with E-state index in [-0.39, 0.29) is 5.41 Å². The maximum Gasteiger partial charge on any atom is 0.0726 e. The van der Waals surface area contributed by atoms with Crippen molar-refractivity contribution in [3.8, 4) is 22.3 Å². The van der Waals surface area contributed by atoms with Gasteiger partial charge in [0.1, 0.15) is 0 Å². The fourth-order valence-corrected chi connectivity index (χ4v) is 10.3. The van der Waals surface area contributed by atoms with Crippen molar-refractivity contribution in [2.24, 2.45) is 5.92 Å². The molecule has 1 atom stereocenters. The van der Waals surface area contributed by atoms with Gasteiger partial charge in [-0.15, -0.1) is 0 Å². The van der Waals surface area contributed by atoms with Gasteiger partial charge >= 0.3 is 0 Å². The number of benzene rings is 6. The Morgan fingerprint density at radius 3 is 1.76 bits per heavy atom. The van der Waals surface area contributed by atoms with Crippen molar-refractivity contribution in [3.05, 3.63) is 189 Å². The number of fused-ring (bicyclic) bond motifs is 12. The molecule has 4 aliphatic carbocycles. The molecule has 4 aliphatic rings. The van der Waals surface area contributed by atoms with Crippen LogP contribution in [0.5, 0.6) is 0 Å². The molecular weight excluding hydrogens is 658 g/mol. The molecule has 6 aromatic carbocycles. The molecule has 0 radical (unpaired) electrons. The Labute approximate surface area is 297 Å². The molecule has 1 nitrogen and oxygen atoms in total. The summed E-state index contributed by atoms with van der Waals surface area (Å²) in [7, 11) is 0. The van der Waals surface area contributed by atoms with E-state index in [1.807, 2.05) is 0 Å². The standard InChI is InChI=1S/C47H36BrN/c1-29-13-10-17-35-44-39(46(2,3)45(29)35)21-11-23-42(44)49(31-27-25-30(48)26-28-31)41-24-12-22-40-43(41)34-16-6-9-20-38(34)47(40)36-18-7-4-14-32(36)33-15-5-8-19-37(33)47/h4-12,14-29H,13H2,1-3H3. The molecule has 0 saturated carbocycles. The number of anilines is 3. The molecule has 6 aromatic rings. The number of hydrogen-bond acceptors (Lipinski definition) is 1. The summed E-state index contributed by atoms with van der Waals surface area (Å²) < 4.78 is 1.08. The third-order valence-corrected chi connectivity index (χ3v) is 12.3. The summed E-state index contributed by atoms with van der Waals surface area (Å²) in [5.41, 5.74) is 19.6. The average Bonchev–Trinajstić information content (AvgIpc) is 3.69. The average molecular weight is 695 g/mol. The quantitative estimate of drug-likeness (QED) is 0.178. The van der Waals surface area contributed by atoms with E-state index in [0.717, 1.165) is 16.6 Å². The van der Waals surface area contributed by atoms with Crippen LogP contribution >= 0.6 is 15.9 Å². The van der Waals surface area contributed by atoms with Crippen molar-refractivity contribution < 1.29 is 0 Å². The first-order chi connectivity index (χ1) is 23.9. The van der Waals surface area contributed by atoms with Gasteiger partial charge in [0.25, 0.3) is 0 Å². The van der Waals surface area contributed by atoms with Gasteiger partial charge in [-0.05, 0) is 104 Å². The first-order valence-electron chi connectivity index (χ1n) is 17.5. The molecule has 1 spiro atoms. The summed E-state index contributed by atoms with van der Waals surface area (Å²) in [6, 6.07) is 50.1. The third kappa shape index (κ3) is 3.70. The van der Waals surface area contributed by atoms with E-state index in [0.29, 0.717) is 5.92 Å². The fraction of sp³-hybridized carbons (Fsp3) is 0.149. The lowest BCUT2D eigenvalue weighted by Gasteiger charge is -2.33. The van der Waals surface area contributed by atoms with Gasteiger partial charge in [0.15, 0.2) is 0 Å². The van der Waals surface area contributed by atoms with E-state index in [9.17, 15) is 0 Å². The molecule has 0 aromatic heterocycles. The Bertz CT molecular complexity index is 2380. The molecule has 0 amide bonds. The number of halogens is 1. The van der Waals surface area contributed by atoms with Crippen molar-refractivity contribution in [1.29, 1.82) is 0 Å². The maximum atomic E-state index is 3.73. The predicted molar refractivity (Wildman–Crippen MR) is 208 cm³/mol. The van der Waals surface area contributed by atoms with Gasteiger partial charge in [-0.25, -0.2) is 0 Å². The van der Waals surface area contributed by atoms with Gasteiger partial charge in [0.2, 0.25) is 0 Å². The summed E-state index contributed by atoms with van der Waals surface area (Å²) in [5, 5.41) is 0. The Balaban J connectivity index is 1.31. The maximum absolute atomic E-state index is 3.73. The van der Waals surface area contributed by atoms with Crippen molar-refractivity contribution in [2.75, 3.05) is 4.90 Å². The molecule has 0 aliphatic heterocycles. The lowest BCUT2D eigenvalue weighted by molar-refractivity contribution is 0.530. The summed E-state index contributed by atoms with van der Waals surface area (Å²) in [6.45, 7) is 7.25. The zero-order valence-corrected chi connectivity index (χ0v) is 29.6. The number of nitrogens with zero attached hydrogens (tertiary/aromatic N) is 1. The highest BCUT2D eigenvalue weighted by Gasteiger charge is 2.52. The number of allylic oxidation sites excluding steroid dienone is 4. The summed E-state index contributed by atoms with van der Waals surface area (Å²) in [5.74, 6) is 0.506. The molecule has 49 heavy (non-hydrogen) atoms.